The molecule has 0 aromatic rings. The van der Waals surface area contributed by atoms with Gasteiger partial charge in [-0.15, -0.1) is 0 Å². The normalized spacial score (nSPS) is 11.9. The second-order valence-corrected chi connectivity index (χ2v) is 5.29. The second kappa shape index (κ2) is 17.4. The molecule has 0 saturated heterocycles. The van der Waals surface area contributed by atoms with Crippen molar-refractivity contribution in [2.24, 2.45) is 0 Å². The summed E-state index contributed by atoms with van der Waals surface area (Å²) in [5.41, 5.74) is 0. The fourth-order valence-corrected chi connectivity index (χ4v) is 2.09. The third-order valence-electron chi connectivity index (χ3n) is 3.34. The van der Waals surface area contributed by atoms with Crippen LogP contribution in [0, 0.1) is 0 Å². The first-order chi connectivity index (χ1) is 9.41. The Morgan fingerprint density at radius 3 is 1.74 bits per heavy atom. The van der Waals surface area contributed by atoms with Gasteiger partial charge in [0.05, 0.1) is 6.61 Å². The van der Waals surface area contributed by atoms with Crippen LogP contribution in [0.1, 0.15) is 84.0 Å². The van der Waals surface area contributed by atoms with E-state index in [1.165, 1.54) is 57.8 Å². The van der Waals surface area contributed by atoms with Crippen LogP contribution in [-0.4, -0.2) is 6.61 Å². The minimum absolute atomic E-state index is 0.106. The van der Waals surface area contributed by atoms with E-state index >= 15 is 0 Å². The lowest BCUT2D eigenvalue weighted by Crippen LogP contribution is -1.82. The van der Waals surface area contributed by atoms with Gasteiger partial charge in [0.15, 0.2) is 0 Å². The molecule has 0 aliphatic carbocycles. The molecule has 1 heteroatoms. The van der Waals surface area contributed by atoms with Crippen LogP contribution in [0.3, 0.4) is 0 Å². The minimum atomic E-state index is 0.106. The van der Waals surface area contributed by atoms with Crippen LogP contribution in [-0.2, 0) is 5.11 Å². The predicted molar refractivity (Wildman–Crippen MR) is 84.9 cm³/mol. The highest BCUT2D eigenvalue weighted by atomic mass is 16.2. The summed E-state index contributed by atoms with van der Waals surface area (Å²) < 4.78 is 0. The molecule has 1 nitrogen and oxygen atoms in total. The van der Waals surface area contributed by atoms with Gasteiger partial charge in [-0.3, -0.25) is 0 Å². The van der Waals surface area contributed by atoms with Crippen molar-refractivity contribution in [2.75, 3.05) is 6.61 Å². The molecule has 0 N–H and O–H groups in total. The largest absolute Gasteiger partial charge is 0.237 e. The highest BCUT2D eigenvalue weighted by Gasteiger charge is 1.89. The molecule has 0 aromatic heterocycles. The van der Waals surface area contributed by atoms with Crippen molar-refractivity contribution >= 4 is 0 Å². The van der Waals surface area contributed by atoms with E-state index in [1.54, 1.807) is 0 Å². The number of hydrogen-bond donors (Lipinski definition) is 0. The molecule has 0 amide bonds. The Balaban J connectivity index is 3.12. The van der Waals surface area contributed by atoms with Gasteiger partial charge in [-0.1, -0.05) is 69.8 Å². The Hall–Kier alpha value is -0.560. The Morgan fingerprint density at radius 1 is 0.632 bits per heavy atom. The van der Waals surface area contributed by atoms with Crippen molar-refractivity contribution in [1.82, 2.24) is 0 Å². The van der Waals surface area contributed by atoms with Crippen molar-refractivity contribution in [2.45, 2.75) is 84.0 Å². The molecule has 0 fully saturated rings. The van der Waals surface area contributed by atoms with Crippen LogP contribution in [0.5, 0.6) is 0 Å². The Morgan fingerprint density at radius 2 is 1.16 bits per heavy atom. The molecule has 0 aliphatic heterocycles. The predicted octanol–water partition coefficient (Wildman–Crippen LogP) is 6.23. The summed E-state index contributed by atoms with van der Waals surface area (Å²) in [6.45, 7) is 2.35. The standard InChI is InChI=1S/C18H33O/c1-2-3-4-5-6-7-8-9-10-11-12-13-14-15-16-17-18-19/h6-7,9-10H,2-5,8,11-18H2,1H3/b7-6+,10-9+. The summed E-state index contributed by atoms with van der Waals surface area (Å²) in [6.07, 6.45) is 23.9. The zero-order valence-electron chi connectivity index (χ0n) is 12.9. The summed E-state index contributed by atoms with van der Waals surface area (Å²) in [6, 6.07) is 0. The number of rotatable bonds is 14. The van der Waals surface area contributed by atoms with Gasteiger partial charge in [0.25, 0.3) is 0 Å². The molecule has 0 bridgehead atoms. The van der Waals surface area contributed by atoms with Gasteiger partial charge in [-0.05, 0) is 38.5 Å². The molecule has 1 radical (unpaired) electrons. The Bertz CT molecular complexity index is 206. The van der Waals surface area contributed by atoms with Crippen molar-refractivity contribution in [3.05, 3.63) is 24.3 Å². The molecule has 0 unspecified atom stereocenters. The van der Waals surface area contributed by atoms with E-state index in [0.29, 0.717) is 0 Å². The molecule has 19 heavy (non-hydrogen) atoms. The quantitative estimate of drug-likeness (QED) is 0.262. The van der Waals surface area contributed by atoms with Crippen LogP contribution in [0.2, 0.25) is 0 Å². The molecule has 0 spiro atoms. The van der Waals surface area contributed by atoms with E-state index < -0.39 is 0 Å². The van der Waals surface area contributed by atoms with Gasteiger partial charge in [0, 0.05) is 0 Å². The summed E-state index contributed by atoms with van der Waals surface area (Å²) in [4.78, 5) is 0. The number of unbranched alkanes of at least 4 members (excludes halogenated alkanes) is 9. The van der Waals surface area contributed by atoms with E-state index in [2.05, 4.69) is 31.2 Å². The van der Waals surface area contributed by atoms with Crippen molar-refractivity contribution < 1.29 is 5.11 Å². The lowest BCUT2D eigenvalue weighted by molar-refractivity contribution is 0.186. The van der Waals surface area contributed by atoms with Crippen LogP contribution in [0.25, 0.3) is 0 Å². The molecule has 111 valence electrons. The highest BCUT2D eigenvalue weighted by molar-refractivity contribution is 4.92. The van der Waals surface area contributed by atoms with E-state index in [0.717, 1.165) is 19.3 Å². The first-order valence-corrected chi connectivity index (χ1v) is 8.30. The lowest BCUT2D eigenvalue weighted by atomic mass is 10.1. The smallest absolute Gasteiger partial charge is 0.0822 e. The van der Waals surface area contributed by atoms with Gasteiger partial charge in [0.2, 0.25) is 0 Å². The van der Waals surface area contributed by atoms with E-state index in [4.69, 9.17) is 0 Å². The fraction of sp³-hybridized carbons (Fsp3) is 0.778. The summed E-state index contributed by atoms with van der Waals surface area (Å²) in [5.74, 6) is 0. The first-order valence-electron chi connectivity index (χ1n) is 8.30. The average molecular weight is 265 g/mol. The number of hydrogen-bond acceptors (Lipinski definition) is 0. The van der Waals surface area contributed by atoms with E-state index in [1.807, 2.05) is 0 Å². The Kier molecular flexibility index (Phi) is 16.9. The molecule has 0 rings (SSSR count). The third-order valence-corrected chi connectivity index (χ3v) is 3.34. The molecule has 0 aromatic carbocycles. The van der Waals surface area contributed by atoms with Gasteiger partial charge in [0.1, 0.15) is 0 Å². The summed E-state index contributed by atoms with van der Waals surface area (Å²) in [5, 5.41) is 10.2. The van der Waals surface area contributed by atoms with Crippen LogP contribution in [0.15, 0.2) is 24.3 Å². The van der Waals surface area contributed by atoms with Crippen molar-refractivity contribution in [3.63, 3.8) is 0 Å². The van der Waals surface area contributed by atoms with Crippen molar-refractivity contribution in [3.8, 4) is 0 Å². The molecule has 0 heterocycles. The van der Waals surface area contributed by atoms with Crippen LogP contribution < -0.4 is 0 Å². The first kappa shape index (κ1) is 18.4. The SMILES string of the molecule is CCCCC/C=C/C/C=C/CCCCCCCC[O]. The topological polar surface area (TPSA) is 19.9 Å². The van der Waals surface area contributed by atoms with Gasteiger partial charge in [-0.2, -0.15) is 0 Å². The molecule has 0 aliphatic rings. The minimum Gasteiger partial charge on any atom is -0.237 e. The molecule has 0 atom stereocenters. The molecular formula is C18H33O. The van der Waals surface area contributed by atoms with Gasteiger partial charge >= 0.3 is 0 Å². The third kappa shape index (κ3) is 17.4. The Labute approximate surface area is 120 Å². The van der Waals surface area contributed by atoms with Gasteiger partial charge < -0.3 is 0 Å². The van der Waals surface area contributed by atoms with E-state index in [-0.39, 0.29) is 6.61 Å². The average Bonchev–Trinajstić information content (AvgIpc) is 2.43. The second-order valence-electron chi connectivity index (χ2n) is 5.29. The zero-order valence-corrected chi connectivity index (χ0v) is 12.9. The maximum atomic E-state index is 10.2. The van der Waals surface area contributed by atoms with Gasteiger partial charge in [-0.25, -0.2) is 5.11 Å². The van der Waals surface area contributed by atoms with E-state index in [9.17, 15) is 5.11 Å². The molecular weight excluding hydrogens is 232 g/mol. The number of allylic oxidation sites excluding steroid dienone is 4. The monoisotopic (exact) mass is 265 g/mol. The summed E-state index contributed by atoms with van der Waals surface area (Å²) in [7, 11) is 0. The lowest BCUT2D eigenvalue weighted by Gasteiger charge is -1.98. The highest BCUT2D eigenvalue weighted by Crippen LogP contribution is 2.07. The fourth-order valence-electron chi connectivity index (χ4n) is 2.09. The molecule has 0 saturated carbocycles. The maximum Gasteiger partial charge on any atom is 0.0822 e. The summed E-state index contributed by atoms with van der Waals surface area (Å²) >= 11 is 0. The van der Waals surface area contributed by atoms with Crippen LogP contribution in [0.4, 0.5) is 0 Å². The van der Waals surface area contributed by atoms with Crippen molar-refractivity contribution in [1.29, 1.82) is 0 Å². The maximum absolute atomic E-state index is 10.2. The van der Waals surface area contributed by atoms with Crippen LogP contribution >= 0.6 is 0 Å². The zero-order chi connectivity index (χ0) is 14.0.